The van der Waals surface area contributed by atoms with Crippen LogP contribution in [0, 0.1) is 0 Å². The monoisotopic (exact) mass is 1160 g/mol. The summed E-state index contributed by atoms with van der Waals surface area (Å²) in [5.41, 5.74) is 0. The summed E-state index contributed by atoms with van der Waals surface area (Å²) in [7, 11) is 0. The van der Waals surface area contributed by atoms with Crippen molar-refractivity contribution in [2.45, 2.75) is 215 Å². The topological polar surface area (TPSA) is 588 Å². The van der Waals surface area contributed by atoms with E-state index < -0.39 is 260 Å². The van der Waals surface area contributed by atoms with E-state index in [0.29, 0.717) is 0 Å². The predicted molar refractivity (Wildman–Crippen MR) is 230 cm³/mol. The lowest BCUT2D eigenvalue weighted by atomic mass is 9.95. The molecule has 0 aromatic rings. The Morgan fingerprint density at radius 2 is 0.380 bits per heavy atom. The average Bonchev–Trinajstić information content (AvgIpc) is 3.53. The molecule has 14 bridgehead atoms. The van der Waals surface area contributed by atoms with Gasteiger partial charge in [0.25, 0.3) is 0 Å². The van der Waals surface area contributed by atoms with Gasteiger partial charge in [0.15, 0.2) is 56.2 Å². The lowest BCUT2D eigenvalue weighted by molar-refractivity contribution is -0.394. The number of hydrogen-bond acceptors (Lipinski definition) is 35. The number of hydrogen-bond donors (Lipinski definition) is 21. The third-order valence-electron chi connectivity index (χ3n) is 14.7. The highest BCUT2D eigenvalue weighted by molar-refractivity contribution is 5.74. The lowest BCUT2D eigenvalue weighted by Gasteiger charge is -2.49. The maximum atomic E-state index is 12.6. The Bertz CT molecular complexity index is 1970. The Balaban J connectivity index is 1.09. The Morgan fingerprint density at radius 1 is 0.228 bits per heavy atom. The molecule has 21 fully saturated rings. The van der Waals surface area contributed by atoms with Gasteiger partial charge in [-0.05, 0) is 0 Å². The molecular formula is C42H66O37. The van der Waals surface area contributed by atoms with Crippen molar-refractivity contribution >= 4 is 11.9 Å². The Morgan fingerprint density at radius 3 is 0.544 bits per heavy atom. The van der Waals surface area contributed by atoms with Crippen LogP contribution in [0.15, 0.2) is 0 Å². The molecule has 21 aliphatic heterocycles. The smallest absolute Gasteiger partial charge is 0.335 e. The van der Waals surface area contributed by atoms with E-state index in [1.807, 2.05) is 0 Å². The lowest BCUT2D eigenvalue weighted by Crippen LogP contribution is -2.68. The maximum Gasteiger partial charge on any atom is 0.335 e. The quantitative estimate of drug-likeness (QED) is 0.113. The van der Waals surface area contributed by atoms with Gasteiger partial charge in [-0.3, -0.25) is 0 Å². The van der Waals surface area contributed by atoms with Crippen molar-refractivity contribution in [2.75, 3.05) is 33.0 Å². The molecule has 21 heterocycles. The molecule has 0 saturated carbocycles. The second kappa shape index (κ2) is 25.9. The molecule has 0 spiro atoms. The Kier molecular flexibility index (Phi) is 20.5. The third kappa shape index (κ3) is 12.2. The highest BCUT2D eigenvalue weighted by Crippen LogP contribution is 2.39. The van der Waals surface area contributed by atoms with E-state index >= 15 is 0 Å². The van der Waals surface area contributed by atoms with Gasteiger partial charge >= 0.3 is 11.9 Å². The van der Waals surface area contributed by atoms with Gasteiger partial charge in [0.2, 0.25) is 0 Å². The van der Waals surface area contributed by atoms with Crippen molar-refractivity contribution in [2.24, 2.45) is 0 Å². The van der Waals surface area contributed by atoms with Crippen LogP contribution in [0.25, 0.3) is 0 Å². The van der Waals surface area contributed by atoms with Crippen molar-refractivity contribution < 1.29 is 183 Å². The van der Waals surface area contributed by atoms with Gasteiger partial charge in [0.05, 0.1) is 33.0 Å². The van der Waals surface area contributed by atoms with E-state index in [-0.39, 0.29) is 0 Å². The molecule has 0 unspecified atom stereocenters. The molecule has 21 rings (SSSR count). The van der Waals surface area contributed by atoms with Crippen LogP contribution in [0.1, 0.15) is 0 Å². The highest BCUT2D eigenvalue weighted by Gasteiger charge is 2.60. The van der Waals surface area contributed by atoms with Crippen LogP contribution in [0.4, 0.5) is 0 Å². The second-order valence-corrected chi connectivity index (χ2v) is 19.7. The molecule has 21 N–H and O–H groups in total. The number of carboxylic acid groups (broad SMARTS) is 2. The minimum atomic E-state index is -2.42. The van der Waals surface area contributed by atoms with Gasteiger partial charge in [-0.25, -0.2) is 9.59 Å². The van der Waals surface area contributed by atoms with Crippen LogP contribution in [0.3, 0.4) is 0 Å². The summed E-state index contributed by atoms with van der Waals surface area (Å²) >= 11 is 0. The molecule has 0 aliphatic carbocycles. The summed E-state index contributed by atoms with van der Waals surface area (Å²) in [4.78, 5) is 25.2. The molecule has 0 radical (unpaired) electrons. The number of aliphatic hydroxyl groups is 19. The van der Waals surface area contributed by atoms with E-state index in [1.54, 1.807) is 0 Å². The van der Waals surface area contributed by atoms with Crippen molar-refractivity contribution in [3.63, 3.8) is 0 Å². The van der Waals surface area contributed by atoms with E-state index in [9.17, 15) is 117 Å². The first-order valence-corrected chi connectivity index (χ1v) is 24.6. The first kappa shape index (κ1) is 62.7. The molecule has 0 amide bonds. The number of carboxylic acids is 2. The third-order valence-corrected chi connectivity index (χ3v) is 14.7. The van der Waals surface area contributed by atoms with Crippen LogP contribution in [-0.2, 0) is 75.9 Å². The van der Waals surface area contributed by atoms with Crippen molar-refractivity contribution in [1.82, 2.24) is 0 Å². The molecule has 0 aromatic heterocycles. The van der Waals surface area contributed by atoms with Gasteiger partial charge in [-0.2, -0.15) is 0 Å². The van der Waals surface area contributed by atoms with Gasteiger partial charge in [-0.1, -0.05) is 0 Å². The largest absolute Gasteiger partial charge is 0.479 e. The number of carbonyl (C=O) groups is 2. The number of aliphatic hydroxyl groups excluding tert-OH is 19. The molecule has 0 aromatic carbocycles. The van der Waals surface area contributed by atoms with Crippen LogP contribution in [0.2, 0.25) is 0 Å². The summed E-state index contributed by atoms with van der Waals surface area (Å²) < 4.78 is 77.9. The highest BCUT2D eigenvalue weighted by atomic mass is 16.8. The number of rotatable bonds is 7. The zero-order valence-corrected chi connectivity index (χ0v) is 40.7. The molecule has 79 heavy (non-hydrogen) atoms. The minimum absolute atomic E-state index is 1.10. The van der Waals surface area contributed by atoms with E-state index in [2.05, 4.69) is 0 Å². The SMILES string of the molecule is O=C(O)[C@H]1O[C@@H]2O[C@H]3[C@H](O)[C@@H](O)[C@@H](O[C@H]4[C@H](O)[C@@H](O)[C@@H](O[C@H]5[C@H](O)[C@@H](O)[C@@H](O[C@H]6[C@H](O)[C@@H](O)[C@@H](O[C@H]7[C@@H](O)[C@H](O)[C@@H](O[C@H]8[C@@H](O)[C@H](O)[C@@H](O[C@H]1[C@H](O)[C@H]2O)O[C@@H]8CO)O[C@@H]7CO)O[C@@H]6C(=O)O)O[C@H]5CO)O[C@@H]4CO)O[C@@H]3CO. The fourth-order valence-corrected chi connectivity index (χ4v) is 10.3. The predicted octanol–water partition coefficient (Wildman–Crippen LogP) is -15.0. The Labute approximate surface area is 442 Å². The fourth-order valence-electron chi connectivity index (χ4n) is 10.3. The van der Waals surface area contributed by atoms with Crippen LogP contribution in [0.5, 0.6) is 0 Å². The summed E-state index contributed by atoms with van der Waals surface area (Å²) in [6, 6.07) is 0. The normalized spacial score (nSPS) is 54.1. The zero-order chi connectivity index (χ0) is 57.8. The van der Waals surface area contributed by atoms with Crippen LogP contribution < -0.4 is 0 Å². The summed E-state index contributed by atoms with van der Waals surface area (Å²) in [6.45, 7) is -5.66. The summed E-state index contributed by atoms with van der Waals surface area (Å²) in [6.07, 6.45) is -76.6. The summed E-state index contributed by atoms with van der Waals surface area (Å²) in [5, 5.41) is 230. The van der Waals surface area contributed by atoms with Gasteiger partial charge in [-0.15, -0.1) is 0 Å². The van der Waals surface area contributed by atoms with E-state index in [0.717, 1.165) is 0 Å². The first-order valence-electron chi connectivity index (χ1n) is 24.6. The van der Waals surface area contributed by atoms with Crippen LogP contribution >= 0.6 is 0 Å². The van der Waals surface area contributed by atoms with Gasteiger partial charge in [0, 0.05) is 0 Å². The van der Waals surface area contributed by atoms with Crippen LogP contribution in [-0.4, -0.2) is 367 Å². The van der Waals surface area contributed by atoms with Crippen molar-refractivity contribution in [3.05, 3.63) is 0 Å². The minimum Gasteiger partial charge on any atom is -0.479 e. The molecule has 21 saturated heterocycles. The summed E-state index contributed by atoms with van der Waals surface area (Å²) in [5.74, 6) is -3.90. The second-order valence-electron chi connectivity index (χ2n) is 19.7. The molecule has 35 atom stereocenters. The maximum absolute atomic E-state index is 12.6. The molecule has 37 heteroatoms. The first-order chi connectivity index (χ1) is 37.4. The number of ether oxygens (including phenoxy) is 14. The van der Waals surface area contributed by atoms with E-state index in [4.69, 9.17) is 66.3 Å². The van der Waals surface area contributed by atoms with Gasteiger partial charge < -0.3 is 174 Å². The van der Waals surface area contributed by atoms with E-state index in [1.165, 1.54) is 0 Å². The number of aliphatic carboxylic acids is 2. The van der Waals surface area contributed by atoms with Crippen molar-refractivity contribution in [3.8, 4) is 0 Å². The molecule has 21 aliphatic rings. The molecule has 456 valence electrons. The fraction of sp³-hybridized carbons (Fsp3) is 0.952. The van der Waals surface area contributed by atoms with Crippen molar-refractivity contribution in [1.29, 1.82) is 0 Å². The standard InChI is InChI=1S/C42H66O37/c43-1-6-25-11(48)18(55)36(66-6)72-26-7(2-44)69-39(21(58)14(26)51)76-30-17(54)24(61)42(79-32(30)34(62)63)75-29-10(5-47)68-38(20(57)13(29)50)73-27-8(3-45)70-40(22(59)15(27)52)77-31-16(53)23(60)41(78-33(31)35(64)65)74-28-9(4-46)67-37(71-25)19(56)12(28)49/h6-33,36-61H,1-5H2,(H,62,63)(H,64,65)/t6-,7+,8-,9-,10-,11-,12-,13+,14-,15+,16-,17-,18-,19-,20+,21-,22+,23-,24-,25-,26-,27-,28-,29-,30+,31+,32+,33+,36-,37-,38-,39-,40-,41+,42+/m1/s1. The molecule has 37 nitrogen and oxygen atoms in total. The van der Waals surface area contributed by atoms with Gasteiger partial charge in [0.1, 0.15) is 159 Å². The Hall–Kier alpha value is -2.38. The molecular weight excluding hydrogens is 1100 g/mol. The zero-order valence-electron chi connectivity index (χ0n) is 40.7. The average molecular weight is 1160 g/mol.